The summed E-state index contributed by atoms with van der Waals surface area (Å²) in [4.78, 5) is 12.9. The second kappa shape index (κ2) is 8.01. The van der Waals surface area contributed by atoms with Gasteiger partial charge in [-0.15, -0.1) is 0 Å². The van der Waals surface area contributed by atoms with Crippen molar-refractivity contribution in [1.82, 2.24) is 5.32 Å². The Labute approximate surface area is 200 Å². The molecule has 2 aliphatic heterocycles. The third-order valence-corrected chi connectivity index (χ3v) is 6.79. The largest absolute Gasteiger partial charge is 0.494 e. The van der Waals surface area contributed by atoms with Crippen molar-refractivity contribution in [3.05, 3.63) is 111 Å². The number of fused-ring (bicyclic) bond motifs is 8. The second-order valence-corrected chi connectivity index (χ2v) is 8.69. The van der Waals surface area contributed by atoms with Gasteiger partial charge >= 0.3 is 0 Å². The first kappa shape index (κ1) is 21.0. The molecule has 0 saturated carbocycles. The Balaban J connectivity index is 1.24. The maximum absolute atomic E-state index is 14.5. The van der Waals surface area contributed by atoms with E-state index in [2.05, 4.69) is 17.4 Å². The van der Waals surface area contributed by atoms with Gasteiger partial charge in [-0.05, 0) is 64.7 Å². The number of amides is 1. The lowest BCUT2D eigenvalue weighted by molar-refractivity contribution is 0.0857. The van der Waals surface area contributed by atoms with Crippen molar-refractivity contribution in [2.75, 3.05) is 7.11 Å². The number of halogens is 2. The summed E-state index contributed by atoms with van der Waals surface area (Å²) in [6.07, 6.45) is 1.26. The van der Waals surface area contributed by atoms with E-state index < -0.39 is 5.82 Å². The molecule has 0 saturated heterocycles. The van der Waals surface area contributed by atoms with Crippen molar-refractivity contribution in [2.24, 2.45) is 0 Å². The summed E-state index contributed by atoms with van der Waals surface area (Å²) in [6, 6.07) is 18.5. The van der Waals surface area contributed by atoms with Crippen molar-refractivity contribution in [3.63, 3.8) is 0 Å². The third-order valence-electron chi connectivity index (χ3n) is 6.44. The van der Waals surface area contributed by atoms with Gasteiger partial charge in [-0.3, -0.25) is 4.79 Å². The molecule has 4 aromatic rings. The van der Waals surface area contributed by atoms with Crippen molar-refractivity contribution in [3.8, 4) is 17.1 Å². The van der Waals surface area contributed by atoms with Gasteiger partial charge in [0.15, 0.2) is 11.6 Å². The summed E-state index contributed by atoms with van der Waals surface area (Å²) >= 11 is 6.13. The molecular weight excluding hydrogens is 457 g/mol. The second-order valence-electron chi connectivity index (χ2n) is 8.29. The zero-order valence-electron chi connectivity index (χ0n) is 18.1. The van der Waals surface area contributed by atoms with Crippen molar-refractivity contribution in [1.29, 1.82) is 0 Å². The normalized spacial score (nSPS) is 17.4. The summed E-state index contributed by atoms with van der Waals surface area (Å²) < 4.78 is 31.3. The summed E-state index contributed by atoms with van der Waals surface area (Å²) in [5.74, 6) is -0.0173. The first-order valence-electron chi connectivity index (χ1n) is 10.8. The molecule has 0 radical (unpaired) electrons. The molecule has 3 aromatic carbocycles. The van der Waals surface area contributed by atoms with Gasteiger partial charge in [-0.1, -0.05) is 29.8 Å². The highest BCUT2D eigenvalue weighted by Gasteiger charge is 2.43. The number of hydrogen-bond donors (Lipinski definition) is 1. The van der Waals surface area contributed by atoms with Gasteiger partial charge in [0.05, 0.1) is 13.4 Å². The molecule has 1 N–H and O–H groups in total. The molecule has 0 spiro atoms. The summed E-state index contributed by atoms with van der Waals surface area (Å²) in [6.45, 7) is -0.0568. The van der Waals surface area contributed by atoms with E-state index >= 15 is 0 Å². The van der Waals surface area contributed by atoms with E-state index in [1.807, 2.05) is 30.3 Å². The molecule has 1 aromatic heterocycles. The van der Waals surface area contributed by atoms with Crippen LogP contribution in [0, 0.1) is 5.82 Å². The molecule has 170 valence electrons. The van der Waals surface area contributed by atoms with E-state index in [9.17, 15) is 9.18 Å². The number of rotatable bonds is 5. The van der Waals surface area contributed by atoms with Gasteiger partial charge in [0.25, 0.3) is 5.91 Å². The van der Waals surface area contributed by atoms with Crippen LogP contribution in [-0.2, 0) is 11.3 Å². The predicted octanol–water partition coefficient (Wildman–Crippen LogP) is 6.20. The molecule has 3 heterocycles. The van der Waals surface area contributed by atoms with Crippen LogP contribution >= 0.6 is 11.6 Å². The third kappa shape index (κ3) is 3.22. The van der Waals surface area contributed by atoms with Crippen LogP contribution < -0.4 is 10.1 Å². The van der Waals surface area contributed by atoms with Gasteiger partial charge in [0.1, 0.15) is 18.0 Å². The lowest BCUT2D eigenvalue weighted by Gasteiger charge is -2.17. The van der Waals surface area contributed by atoms with Crippen molar-refractivity contribution in [2.45, 2.75) is 18.8 Å². The zero-order valence-corrected chi connectivity index (χ0v) is 18.9. The van der Waals surface area contributed by atoms with Gasteiger partial charge < -0.3 is 19.2 Å². The average Bonchev–Trinajstić information content (AvgIpc) is 3.59. The van der Waals surface area contributed by atoms with Crippen LogP contribution in [0.5, 0.6) is 5.75 Å². The van der Waals surface area contributed by atoms with E-state index in [0.717, 1.165) is 33.6 Å². The first-order valence-corrected chi connectivity index (χ1v) is 11.2. The molecule has 1 amide bonds. The Morgan fingerprint density at radius 2 is 1.79 bits per heavy atom. The quantitative estimate of drug-likeness (QED) is 0.373. The lowest BCUT2D eigenvalue weighted by atomic mass is 9.84. The van der Waals surface area contributed by atoms with E-state index in [-0.39, 0.29) is 41.0 Å². The van der Waals surface area contributed by atoms with Crippen LogP contribution in [0.4, 0.5) is 4.39 Å². The van der Waals surface area contributed by atoms with Gasteiger partial charge in [0, 0.05) is 28.3 Å². The highest BCUT2D eigenvalue weighted by atomic mass is 35.5. The minimum Gasteiger partial charge on any atom is -0.494 e. The monoisotopic (exact) mass is 475 g/mol. The molecule has 6 rings (SSSR count). The van der Waals surface area contributed by atoms with E-state index in [1.165, 1.54) is 13.2 Å². The minimum absolute atomic E-state index is 0.0568. The molecule has 34 heavy (non-hydrogen) atoms. The Hall–Kier alpha value is -3.61. The van der Waals surface area contributed by atoms with E-state index in [4.69, 9.17) is 25.5 Å². The van der Waals surface area contributed by atoms with Crippen molar-refractivity contribution >= 4 is 17.5 Å². The van der Waals surface area contributed by atoms with Crippen LogP contribution in [0.15, 0.2) is 71.3 Å². The van der Waals surface area contributed by atoms with Crippen LogP contribution in [0.2, 0.25) is 5.02 Å². The zero-order chi connectivity index (χ0) is 23.4. The number of benzene rings is 3. The summed E-state index contributed by atoms with van der Waals surface area (Å²) in [5.41, 5.74) is 5.89. The number of carbonyl (C=O) groups is 1. The molecule has 7 heteroatoms. The maximum Gasteiger partial charge on any atom is 0.251 e. The standard InChI is InChI=1S/C27H19ClFNO4/c1-32-23-9-8-21(28)20(24(23)29)13-30-27(31)15-5-7-17-19(12-15)26-16-6-4-14(22-3-2-10-33-22)11-18(16)25(17)34-26/h2-12,25-26H,13H2,1H3,(H,30,31). The van der Waals surface area contributed by atoms with Crippen LogP contribution in [0.1, 0.15) is 50.4 Å². The molecule has 0 fully saturated rings. The topological polar surface area (TPSA) is 60.7 Å². The fraction of sp³-hybridized carbons (Fsp3) is 0.148. The molecule has 5 nitrogen and oxygen atoms in total. The van der Waals surface area contributed by atoms with Crippen LogP contribution in [-0.4, -0.2) is 13.0 Å². The SMILES string of the molecule is COc1ccc(Cl)c(CNC(=O)c2ccc3c(c2)C2OC3c3cc(-c4ccco4)ccc32)c1F. The number of carbonyl (C=O) groups excluding carboxylic acids is 1. The number of ether oxygens (including phenoxy) is 2. The van der Waals surface area contributed by atoms with Gasteiger partial charge in [-0.2, -0.15) is 0 Å². The molecular formula is C27H19ClFNO4. The number of methoxy groups -OCH3 is 1. The Morgan fingerprint density at radius 1 is 1.03 bits per heavy atom. The van der Waals surface area contributed by atoms with Gasteiger partial charge in [0.2, 0.25) is 0 Å². The number of nitrogens with one attached hydrogen (secondary N) is 1. The first-order chi connectivity index (χ1) is 16.5. The Bertz CT molecular complexity index is 1430. The number of furan rings is 1. The summed E-state index contributed by atoms with van der Waals surface area (Å²) in [5, 5.41) is 2.98. The molecule has 0 aliphatic carbocycles. The Morgan fingerprint density at radius 3 is 2.53 bits per heavy atom. The fourth-order valence-corrected chi connectivity index (χ4v) is 4.96. The smallest absolute Gasteiger partial charge is 0.251 e. The van der Waals surface area contributed by atoms with Crippen LogP contribution in [0.3, 0.4) is 0 Å². The molecule has 2 atom stereocenters. The predicted molar refractivity (Wildman–Crippen MR) is 124 cm³/mol. The van der Waals surface area contributed by atoms with Crippen LogP contribution in [0.25, 0.3) is 11.3 Å². The van der Waals surface area contributed by atoms with E-state index in [1.54, 1.807) is 18.4 Å². The van der Waals surface area contributed by atoms with Gasteiger partial charge in [-0.25, -0.2) is 4.39 Å². The number of hydrogen-bond acceptors (Lipinski definition) is 4. The summed E-state index contributed by atoms with van der Waals surface area (Å²) in [7, 11) is 1.38. The average molecular weight is 476 g/mol. The Kier molecular flexibility index (Phi) is 4.94. The van der Waals surface area contributed by atoms with E-state index in [0.29, 0.717) is 5.56 Å². The highest BCUT2D eigenvalue weighted by Crippen LogP contribution is 2.54. The minimum atomic E-state index is -0.583. The fourth-order valence-electron chi connectivity index (χ4n) is 4.75. The molecule has 2 unspecified atom stereocenters. The molecule has 2 bridgehead atoms. The molecule has 2 aliphatic rings. The highest BCUT2D eigenvalue weighted by molar-refractivity contribution is 6.31. The van der Waals surface area contributed by atoms with Crippen molar-refractivity contribution < 1.29 is 23.1 Å². The lowest BCUT2D eigenvalue weighted by Crippen LogP contribution is -2.24. The maximum atomic E-state index is 14.5.